The van der Waals surface area contributed by atoms with E-state index >= 15 is 0 Å². The summed E-state index contributed by atoms with van der Waals surface area (Å²) in [7, 11) is 2.10. The highest BCUT2D eigenvalue weighted by molar-refractivity contribution is 5.73. The Morgan fingerprint density at radius 2 is 1.59 bits per heavy atom. The molecule has 0 fully saturated rings. The van der Waals surface area contributed by atoms with Crippen molar-refractivity contribution in [1.82, 2.24) is 15.0 Å². The first kappa shape index (κ1) is 28.7. The molecule has 2 aromatic rings. The van der Waals surface area contributed by atoms with Gasteiger partial charge >= 0.3 is 24.3 Å². The predicted molar refractivity (Wildman–Crippen MR) is 105 cm³/mol. The molecule has 0 saturated carbocycles. The van der Waals surface area contributed by atoms with E-state index in [2.05, 4.69) is 33.1 Å². The van der Waals surface area contributed by atoms with Gasteiger partial charge in [0.25, 0.3) is 0 Å². The second kappa shape index (κ2) is 11.7. The number of hydrogen-bond acceptors (Lipinski definition) is 7. The molecule has 9 nitrogen and oxygen atoms in total. The lowest BCUT2D eigenvalue weighted by atomic mass is 10.1. The summed E-state index contributed by atoms with van der Waals surface area (Å²) in [5.74, 6) is -3.50. The van der Waals surface area contributed by atoms with Gasteiger partial charge in [0, 0.05) is 50.6 Å². The standard InChI is InChI=1S/C15H20N4O.2C2HF3O2/c1-11-14(12(2)20-17-11)10-19-8-7-18(3)15-13(9-19)5-4-6-16-15;2*3-2(4,5)1(6)7/h4-6H,7-10H2,1-3H3;2*(H,6,7). The number of carbonyl (C=O) groups is 2. The lowest BCUT2D eigenvalue weighted by molar-refractivity contribution is -0.193. The smallest absolute Gasteiger partial charge is 0.475 e. The summed E-state index contributed by atoms with van der Waals surface area (Å²) < 4.78 is 68.7. The van der Waals surface area contributed by atoms with Gasteiger partial charge < -0.3 is 19.6 Å². The number of aromatic nitrogens is 2. The van der Waals surface area contributed by atoms with Crippen LogP contribution in [0.3, 0.4) is 0 Å². The Kier molecular flexibility index (Phi) is 9.84. The number of anilines is 1. The third kappa shape index (κ3) is 8.88. The van der Waals surface area contributed by atoms with Crippen molar-refractivity contribution < 1.29 is 50.7 Å². The molecule has 190 valence electrons. The number of aryl methyl sites for hydroxylation is 2. The first-order chi connectivity index (χ1) is 15.5. The fraction of sp³-hybridized carbons (Fsp3) is 0.474. The van der Waals surface area contributed by atoms with Gasteiger partial charge in [0.05, 0.1) is 5.69 Å². The van der Waals surface area contributed by atoms with Crippen LogP contribution in [0.2, 0.25) is 0 Å². The fourth-order valence-corrected chi connectivity index (χ4v) is 2.70. The molecule has 0 unspecified atom stereocenters. The molecule has 0 spiro atoms. The molecular formula is C19H22F6N4O5. The molecule has 3 rings (SSSR count). The van der Waals surface area contributed by atoms with Gasteiger partial charge in [-0.15, -0.1) is 0 Å². The molecule has 0 bridgehead atoms. The van der Waals surface area contributed by atoms with E-state index in [1.54, 1.807) is 0 Å². The van der Waals surface area contributed by atoms with Crippen LogP contribution in [-0.2, 0) is 22.7 Å². The van der Waals surface area contributed by atoms with E-state index in [0.29, 0.717) is 0 Å². The number of hydrogen-bond donors (Lipinski definition) is 2. The molecule has 0 radical (unpaired) electrons. The average Bonchev–Trinajstić information content (AvgIpc) is 2.93. The predicted octanol–water partition coefficient (Wildman–Crippen LogP) is 3.41. The Bertz CT molecular complexity index is 933. The molecule has 0 amide bonds. The molecule has 34 heavy (non-hydrogen) atoms. The maximum absolute atomic E-state index is 10.6. The third-order valence-electron chi connectivity index (χ3n) is 4.42. The monoisotopic (exact) mass is 500 g/mol. The lowest BCUT2D eigenvalue weighted by Gasteiger charge is -2.20. The molecule has 15 heteroatoms. The van der Waals surface area contributed by atoms with E-state index in [-0.39, 0.29) is 0 Å². The van der Waals surface area contributed by atoms with Crippen LogP contribution in [0, 0.1) is 13.8 Å². The number of pyridine rings is 1. The van der Waals surface area contributed by atoms with Crippen molar-refractivity contribution >= 4 is 17.8 Å². The molecule has 2 N–H and O–H groups in total. The number of carboxylic acid groups (broad SMARTS) is 2. The summed E-state index contributed by atoms with van der Waals surface area (Å²) in [6.07, 6.45) is -8.31. The maximum atomic E-state index is 10.6. The van der Waals surface area contributed by atoms with Crippen molar-refractivity contribution in [3.8, 4) is 0 Å². The van der Waals surface area contributed by atoms with Gasteiger partial charge in [-0.3, -0.25) is 4.90 Å². The van der Waals surface area contributed by atoms with Crippen LogP contribution in [0.5, 0.6) is 0 Å². The van der Waals surface area contributed by atoms with Gasteiger partial charge in [-0.25, -0.2) is 14.6 Å². The molecular weight excluding hydrogens is 478 g/mol. The number of rotatable bonds is 2. The zero-order valence-corrected chi connectivity index (χ0v) is 18.2. The molecule has 0 atom stereocenters. The highest BCUT2D eigenvalue weighted by Gasteiger charge is 2.38. The van der Waals surface area contributed by atoms with Crippen LogP contribution in [0.25, 0.3) is 0 Å². The highest BCUT2D eigenvalue weighted by Crippen LogP contribution is 2.23. The molecule has 0 aliphatic carbocycles. The summed E-state index contributed by atoms with van der Waals surface area (Å²) in [5.41, 5.74) is 3.48. The van der Waals surface area contributed by atoms with Crippen molar-refractivity contribution in [1.29, 1.82) is 0 Å². The van der Waals surface area contributed by atoms with Gasteiger partial charge in [0.2, 0.25) is 0 Å². The van der Waals surface area contributed by atoms with Gasteiger partial charge in [0.1, 0.15) is 11.6 Å². The van der Waals surface area contributed by atoms with Crippen molar-refractivity contribution in [2.24, 2.45) is 0 Å². The van der Waals surface area contributed by atoms with E-state index < -0.39 is 24.3 Å². The van der Waals surface area contributed by atoms with Crippen LogP contribution in [-0.4, -0.2) is 69.7 Å². The van der Waals surface area contributed by atoms with Gasteiger partial charge in [0.15, 0.2) is 0 Å². The summed E-state index contributed by atoms with van der Waals surface area (Å²) in [5, 5.41) is 18.3. The number of alkyl halides is 6. The molecule has 2 aromatic heterocycles. The molecule has 1 aliphatic heterocycles. The third-order valence-corrected chi connectivity index (χ3v) is 4.42. The van der Waals surface area contributed by atoms with Crippen molar-refractivity contribution in [2.75, 3.05) is 25.0 Å². The normalized spacial score (nSPS) is 14.1. The Morgan fingerprint density at radius 3 is 2.03 bits per heavy atom. The fourth-order valence-electron chi connectivity index (χ4n) is 2.70. The van der Waals surface area contributed by atoms with Crippen LogP contribution in [0.1, 0.15) is 22.6 Å². The molecule has 1 aliphatic rings. The Labute approximate surface area is 189 Å². The first-order valence-corrected chi connectivity index (χ1v) is 9.43. The van der Waals surface area contributed by atoms with Gasteiger partial charge in [-0.2, -0.15) is 26.3 Å². The highest BCUT2D eigenvalue weighted by atomic mass is 19.4. The minimum atomic E-state index is -5.08. The Hall–Kier alpha value is -3.36. The summed E-state index contributed by atoms with van der Waals surface area (Å²) >= 11 is 0. The molecule has 0 aromatic carbocycles. The number of carboxylic acids is 2. The minimum absolute atomic E-state index is 0.878. The zero-order chi connectivity index (χ0) is 26.3. The first-order valence-electron chi connectivity index (χ1n) is 9.43. The largest absolute Gasteiger partial charge is 0.490 e. The van der Waals surface area contributed by atoms with Crippen LogP contribution < -0.4 is 4.90 Å². The minimum Gasteiger partial charge on any atom is -0.475 e. The second-order valence-electron chi connectivity index (χ2n) is 7.03. The quantitative estimate of drug-likeness (QED) is 0.598. The zero-order valence-electron chi connectivity index (χ0n) is 18.2. The van der Waals surface area contributed by atoms with Crippen LogP contribution >= 0.6 is 0 Å². The van der Waals surface area contributed by atoms with Crippen LogP contribution in [0.15, 0.2) is 22.9 Å². The van der Waals surface area contributed by atoms with Crippen molar-refractivity contribution in [3.63, 3.8) is 0 Å². The number of halogens is 6. The van der Waals surface area contributed by atoms with Gasteiger partial charge in [-0.1, -0.05) is 11.2 Å². The number of likely N-dealkylation sites (N-methyl/N-ethyl adjacent to an activating group) is 1. The Morgan fingerprint density at radius 1 is 1.06 bits per heavy atom. The summed E-state index contributed by atoms with van der Waals surface area (Å²) in [6, 6.07) is 4.16. The number of nitrogens with zero attached hydrogens (tertiary/aromatic N) is 4. The van der Waals surface area contributed by atoms with Crippen LogP contribution in [0.4, 0.5) is 32.2 Å². The molecule has 0 saturated heterocycles. The molecule has 3 heterocycles. The van der Waals surface area contributed by atoms with Crippen molar-refractivity contribution in [3.05, 3.63) is 40.9 Å². The maximum Gasteiger partial charge on any atom is 0.490 e. The second-order valence-corrected chi connectivity index (χ2v) is 7.03. The summed E-state index contributed by atoms with van der Waals surface area (Å²) in [4.78, 5) is 26.9. The van der Waals surface area contributed by atoms with E-state index in [4.69, 9.17) is 24.3 Å². The summed E-state index contributed by atoms with van der Waals surface area (Å²) in [6.45, 7) is 7.77. The number of aliphatic carboxylic acids is 2. The van der Waals surface area contributed by atoms with E-state index in [0.717, 1.165) is 43.5 Å². The number of fused-ring (bicyclic) bond motifs is 1. The average molecular weight is 500 g/mol. The topological polar surface area (TPSA) is 120 Å². The SMILES string of the molecule is Cc1noc(C)c1CN1CCN(C)c2ncccc2C1.O=C(O)C(F)(F)F.O=C(O)C(F)(F)F. The van der Waals surface area contributed by atoms with E-state index in [9.17, 15) is 26.3 Å². The van der Waals surface area contributed by atoms with E-state index in [1.165, 1.54) is 11.1 Å². The van der Waals surface area contributed by atoms with Gasteiger partial charge in [-0.05, 0) is 19.9 Å². The Balaban J connectivity index is 0.000000343. The van der Waals surface area contributed by atoms with E-state index in [1.807, 2.05) is 26.1 Å². The van der Waals surface area contributed by atoms with Crippen molar-refractivity contribution in [2.45, 2.75) is 39.3 Å². The lowest BCUT2D eigenvalue weighted by Crippen LogP contribution is -2.29.